The van der Waals surface area contributed by atoms with Crippen molar-refractivity contribution in [3.8, 4) is 18.2 Å². The van der Waals surface area contributed by atoms with E-state index in [9.17, 15) is 14.9 Å². The van der Waals surface area contributed by atoms with E-state index in [4.69, 9.17) is 10.5 Å². The maximum atomic E-state index is 12.9. The van der Waals surface area contributed by atoms with Gasteiger partial charge in [0, 0.05) is 29.3 Å². The Bertz CT molecular complexity index is 1210. The highest BCUT2D eigenvalue weighted by molar-refractivity contribution is 6.10. The van der Waals surface area contributed by atoms with Crippen molar-refractivity contribution < 1.29 is 9.59 Å². The first-order valence-electron chi connectivity index (χ1n) is 9.51. The van der Waals surface area contributed by atoms with Crippen LogP contribution in [0.15, 0.2) is 71.6 Å². The van der Waals surface area contributed by atoms with Gasteiger partial charge in [0.15, 0.2) is 17.1 Å². The lowest BCUT2D eigenvalue weighted by molar-refractivity contribution is -0.115. The summed E-state index contributed by atoms with van der Waals surface area (Å²) in [6, 6.07) is 18.8. The highest BCUT2D eigenvalue weighted by Gasteiger charge is 2.16. The van der Waals surface area contributed by atoms with Crippen LogP contribution in [-0.2, 0) is 4.79 Å². The number of nitrogens with one attached hydrogen (secondary N) is 2. The fourth-order valence-corrected chi connectivity index (χ4v) is 3.14. The predicted octanol–water partition coefficient (Wildman–Crippen LogP) is 4.20. The Morgan fingerprint density at radius 1 is 0.871 bits per heavy atom. The summed E-state index contributed by atoms with van der Waals surface area (Å²) in [5.74, 6) is -0.177. The van der Waals surface area contributed by atoms with E-state index in [0.717, 1.165) is 0 Å². The average Bonchev–Trinajstić information content (AvgIpc) is 2.80. The van der Waals surface area contributed by atoms with Crippen molar-refractivity contribution in [1.29, 1.82) is 15.8 Å². The molecule has 0 saturated heterocycles. The number of rotatable bonds is 6. The van der Waals surface area contributed by atoms with Crippen LogP contribution >= 0.6 is 0 Å². The molecule has 0 radical (unpaired) electrons. The second kappa shape index (κ2) is 9.69. The van der Waals surface area contributed by atoms with E-state index < -0.39 is 0 Å². The van der Waals surface area contributed by atoms with Crippen LogP contribution in [0, 0.1) is 34.0 Å². The second-order valence-corrected chi connectivity index (χ2v) is 6.78. The third-order valence-electron chi connectivity index (χ3n) is 4.66. The van der Waals surface area contributed by atoms with E-state index in [-0.39, 0.29) is 22.8 Å². The summed E-state index contributed by atoms with van der Waals surface area (Å²) in [4.78, 5) is 24.7. The Balaban J connectivity index is 2.04. The molecule has 2 N–H and O–H groups in total. The quantitative estimate of drug-likeness (QED) is 0.542. The average molecular weight is 407 g/mol. The minimum absolute atomic E-state index is 0.00799. The molecule has 31 heavy (non-hydrogen) atoms. The highest BCUT2D eigenvalue weighted by Crippen LogP contribution is 2.29. The minimum Gasteiger partial charge on any atom is -0.357 e. The van der Waals surface area contributed by atoms with Crippen molar-refractivity contribution in [2.75, 3.05) is 10.6 Å². The Kier molecular flexibility index (Phi) is 6.58. The van der Waals surface area contributed by atoms with Crippen LogP contribution in [0.1, 0.15) is 35.2 Å². The summed E-state index contributed by atoms with van der Waals surface area (Å²) in [5.41, 5.74) is 1.90. The van der Waals surface area contributed by atoms with Crippen LogP contribution in [0.25, 0.3) is 0 Å². The van der Waals surface area contributed by atoms with Crippen molar-refractivity contribution in [1.82, 2.24) is 0 Å². The number of nitrogens with zero attached hydrogens (tertiary/aromatic N) is 3. The van der Waals surface area contributed by atoms with Crippen LogP contribution < -0.4 is 10.6 Å². The molecule has 0 spiro atoms. The van der Waals surface area contributed by atoms with Crippen LogP contribution in [0.5, 0.6) is 0 Å². The van der Waals surface area contributed by atoms with Gasteiger partial charge in [0.25, 0.3) is 0 Å². The molecule has 1 aliphatic carbocycles. The zero-order valence-electron chi connectivity index (χ0n) is 16.5. The Morgan fingerprint density at radius 3 is 2.26 bits per heavy atom. The number of allylic oxidation sites excluding steroid dienone is 4. The molecule has 2 aromatic rings. The predicted molar refractivity (Wildman–Crippen MR) is 114 cm³/mol. The maximum absolute atomic E-state index is 12.9. The molecule has 0 fully saturated rings. The van der Waals surface area contributed by atoms with Crippen LogP contribution in [0.2, 0.25) is 0 Å². The third kappa shape index (κ3) is 5.03. The summed E-state index contributed by atoms with van der Waals surface area (Å²) in [5, 5.41) is 33.5. The van der Waals surface area contributed by atoms with Gasteiger partial charge in [-0.25, -0.2) is 0 Å². The Hall–Kier alpha value is -4.67. The van der Waals surface area contributed by atoms with E-state index in [2.05, 4.69) is 10.6 Å². The summed E-state index contributed by atoms with van der Waals surface area (Å²) < 4.78 is 0. The molecule has 3 rings (SSSR count). The molecule has 0 amide bonds. The van der Waals surface area contributed by atoms with Crippen LogP contribution in [-0.4, -0.2) is 11.6 Å². The molecular formula is C24H17N5O2. The summed E-state index contributed by atoms with van der Waals surface area (Å²) in [6.07, 6.45) is 3.37. The lowest BCUT2D eigenvalue weighted by Gasteiger charge is -2.19. The summed E-state index contributed by atoms with van der Waals surface area (Å²) in [6.45, 7) is 0. The van der Waals surface area contributed by atoms with Gasteiger partial charge in [0.2, 0.25) is 0 Å². The molecule has 7 heteroatoms. The Labute approximate surface area is 179 Å². The summed E-state index contributed by atoms with van der Waals surface area (Å²) >= 11 is 0. The van der Waals surface area contributed by atoms with Gasteiger partial charge in [-0.3, -0.25) is 9.59 Å². The fraction of sp³-hybridized carbons (Fsp3) is 0.125. The second-order valence-electron chi connectivity index (χ2n) is 6.78. The normalized spacial score (nSPS) is 12.4. The van der Waals surface area contributed by atoms with Crippen molar-refractivity contribution in [2.45, 2.75) is 19.3 Å². The van der Waals surface area contributed by atoms with Crippen molar-refractivity contribution in [3.63, 3.8) is 0 Å². The summed E-state index contributed by atoms with van der Waals surface area (Å²) in [7, 11) is 0. The molecule has 0 atom stereocenters. The third-order valence-corrected chi connectivity index (χ3v) is 4.66. The molecule has 0 saturated carbocycles. The first-order valence-corrected chi connectivity index (χ1v) is 9.51. The lowest BCUT2D eigenvalue weighted by Crippen LogP contribution is -2.12. The highest BCUT2D eigenvalue weighted by atomic mass is 16.1. The molecule has 1 aliphatic rings. The van der Waals surface area contributed by atoms with Gasteiger partial charge < -0.3 is 10.6 Å². The van der Waals surface area contributed by atoms with Crippen LogP contribution in [0.4, 0.5) is 11.4 Å². The first-order chi connectivity index (χ1) is 15.0. The van der Waals surface area contributed by atoms with Gasteiger partial charge in [0.1, 0.15) is 23.9 Å². The molecule has 150 valence electrons. The van der Waals surface area contributed by atoms with Crippen molar-refractivity contribution >= 4 is 22.9 Å². The van der Waals surface area contributed by atoms with Gasteiger partial charge in [-0.15, -0.1) is 0 Å². The number of anilines is 2. The molecule has 7 nitrogen and oxygen atoms in total. The van der Waals surface area contributed by atoms with Crippen LogP contribution in [0.3, 0.4) is 0 Å². The number of carbonyl (C=O) groups is 2. The number of nitriles is 3. The molecule has 0 aliphatic heterocycles. The number of benzene rings is 2. The van der Waals surface area contributed by atoms with Gasteiger partial charge in [-0.05, 0) is 31.0 Å². The first kappa shape index (κ1) is 21.0. The molecular weight excluding hydrogens is 390 g/mol. The number of ketones is 2. The zero-order chi connectivity index (χ0) is 22.2. The van der Waals surface area contributed by atoms with E-state index >= 15 is 0 Å². The largest absolute Gasteiger partial charge is 0.357 e. The van der Waals surface area contributed by atoms with E-state index in [1.165, 1.54) is 6.08 Å². The van der Waals surface area contributed by atoms with E-state index in [1.54, 1.807) is 54.6 Å². The number of hydrogen-bond acceptors (Lipinski definition) is 7. The van der Waals surface area contributed by atoms with E-state index in [0.29, 0.717) is 47.5 Å². The minimum atomic E-state index is -0.357. The molecule has 0 aromatic heterocycles. The maximum Gasteiger partial charge on any atom is 0.193 e. The topological polar surface area (TPSA) is 130 Å². The molecule has 0 unspecified atom stereocenters. The van der Waals surface area contributed by atoms with Gasteiger partial charge >= 0.3 is 0 Å². The SMILES string of the molecule is N#CC(C#N)=C(C#N)Nc1ccc(C(=O)c2ccccc2)cc1NC1=CC(=O)CCC1. The lowest BCUT2D eigenvalue weighted by atomic mass is 10.0. The molecule has 2 aromatic carbocycles. The zero-order valence-corrected chi connectivity index (χ0v) is 16.5. The number of hydrogen-bond donors (Lipinski definition) is 2. The van der Waals surface area contributed by atoms with Crippen molar-refractivity contribution in [3.05, 3.63) is 82.7 Å². The smallest absolute Gasteiger partial charge is 0.193 e. The molecule has 0 bridgehead atoms. The van der Waals surface area contributed by atoms with Crippen molar-refractivity contribution in [2.24, 2.45) is 0 Å². The monoisotopic (exact) mass is 407 g/mol. The van der Waals surface area contributed by atoms with Gasteiger partial charge in [0.05, 0.1) is 11.4 Å². The van der Waals surface area contributed by atoms with E-state index in [1.807, 2.05) is 12.1 Å². The number of carbonyl (C=O) groups excluding carboxylic acids is 2. The fourth-order valence-electron chi connectivity index (χ4n) is 3.14. The standard InChI is InChI=1S/C24H17N5O2/c25-13-18(14-26)23(15-27)29-21-10-9-17(24(31)16-5-2-1-3-6-16)11-22(21)28-19-7-4-8-20(30)12-19/h1-3,5-6,9-12,28-29H,4,7-8H2. The molecule has 0 heterocycles. The van der Waals surface area contributed by atoms with Gasteiger partial charge in [-0.2, -0.15) is 15.8 Å². The van der Waals surface area contributed by atoms with Gasteiger partial charge in [-0.1, -0.05) is 30.3 Å². The Morgan fingerprint density at radius 2 is 1.61 bits per heavy atom.